The molecule has 1 aliphatic heterocycles. The van der Waals surface area contributed by atoms with Gasteiger partial charge in [0, 0.05) is 25.7 Å². The van der Waals surface area contributed by atoms with E-state index in [1.54, 1.807) is 20.8 Å². The molecule has 1 saturated carbocycles. The monoisotopic (exact) mass is 419 g/mol. The number of Topliss-reactive ketones (excluding diaryl/α,β-unsaturated/α-hetero) is 1. The largest absolute Gasteiger partial charge is 0.453 e. The molecule has 30 heavy (non-hydrogen) atoms. The minimum absolute atomic E-state index is 0.155. The Morgan fingerprint density at radius 2 is 1.87 bits per heavy atom. The average Bonchev–Trinajstić information content (AvgIpc) is 3.12. The molecule has 0 aromatic heterocycles. The Kier molecular flexibility index (Phi) is 6.77. The Balaban J connectivity index is 1.70. The van der Waals surface area contributed by atoms with E-state index in [0.29, 0.717) is 19.6 Å². The first kappa shape index (κ1) is 22.2. The highest BCUT2D eigenvalue weighted by Gasteiger charge is 2.46. The maximum Gasteiger partial charge on any atom is 0.408 e. The van der Waals surface area contributed by atoms with Crippen LogP contribution >= 0.6 is 0 Å². The third-order valence-corrected chi connectivity index (χ3v) is 4.94. The van der Waals surface area contributed by atoms with E-state index >= 15 is 0 Å². The highest BCUT2D eigenvalue weighted by molar-refractivity contribution is 5.88. The standard InChI is InChI=1S/C22H29NO7/c1-21(2,3)30-20(26)23-16(13-15-7-5-4-6-8-15)19(25)29-18-14-22(10-9-17(18)24)27-11-12-28-22/h4-8,16,18H,9-14H2,1-3H3,(H,23,26)/t16-,18+/m0/s1. The van der Waals surface area contributed by atoms with Gasteiger partial charge in [0.25, 0.3) is 0 Å². The molecular weight excluding hydrogens is 390 g/mol. The summed E-state index contributed by atoms with van der Waals surface area (Å²) in [5, 5.41) is 2.58. The number of nitrogens with one attached hydrogen (secondary N) is 1. The second-order valence-electron chi connectivity index (χ2n) is 8.59. The lowest BCUT2D eigenvalue weighted by atomic mass is 9.90. The molecule has 8 heteroatoms. The molecule has 3 rings (SSSR count). The molecule has 2 fully saturated rings. The van der Waals surface area contributed by atoms with Gasteiger partial charge in [0.05, 0.1) is 13.2 Å². The Morgan fingerprint density at radius 3 is 2.50 bits per heavy atom. The number of ether oxygens (including phenoxy) is 4. The quantitative estimate of drug-likeness (QED) is 0.732. The first-order chi connectivity index (χ1) is 14.2. The molecule has 0 radical (unpaired) electrons. The molecule has 1 N–H and O–H groups in total. The lowest BCUT2D eigenvalue weighted by Crippen LogP contribution is -2.50. The molecular formula is C22H29NO7. The van der Waals surface area contributed by atoms with Gasteiger partial charge in [-0.15, -0.1) is 0 Å². The van der Waals surface area contributed by atoms with Gasteiger partial charge in [-0.1, -0.05) is 30.3 Å². The third-order valence-electron chi connectivity index (χ3n) is 4.94. The summed E-state index contributed by atoms with van der Waals surface area (Å²) in [4.78, 5) is 37.6. The summed E-state index contributed by atoms with van der Waals surface area (Å²) in [5.74, 6) is -1.74. The number of hydrogen-bond acceptors (Lipinski definition) is 7. The van der Waals surface area contributed by atoms with E-state index in [0.717, 1.165) is 5.56 Å². The van der Waals surface area contributed by atoms with Crippen molar-refractivity contribution in [1.29, 1.82) is 0 Å². The summed E-state index contributed by atoms with van der Waals surface area (Å²) < 4.78 is 22.1. The number of rotatable bonds is 5. The number of hydrogen-bond donors (Lipinski definition) is 1. The highest BCUT2D eigenvalue weighted by Crippen LogP contribution is 2.35. The van der Waals surface area contributed by atoms with Crippen LogP contribution in [0, 0.1) is 0 Å². The lowest BCUT2D eigenvalue weighted by molar-refractivity contribution is -0.204. The van der Waals surface area contributed by atoms with Crippen molar-refractivity contribution in [1.82, 2.24) is 5.32 Å². The number of alkyl carbamates (subject to hydrolysis) is 1. The van der Waals surface area contributed by atoms with Gasteiger partial charge in [-0.05, 0) is 26.3 Å². The first-order valence-electron chi connectivity index (χ1n) is 10.2. The van der Waals surface area contributed by atoms with Gasteiger partial charge >= 0.3 is 12.1 Å². The van der Waals surface area contributed by atoms with Gasteiger partial charge in [0.1, 0.15) is 11.6 Å². The number of carbonyl (C=O) groups is 3. The fourth-order valence-corrected chi connectivity index (χ4v) is 3.55. The lowest BCUT2D eigenvalue weighted by Gasteiger charge is -2.35. The zero-order valence-corrected chi connectivity index (χ0v) is 17.6. The predicted molar refractivity (Wildman–Crippen MR) is 107 cm³/mol. The van der Waals surface area contributed by atoms with E-state index < -0.39 is 35.6 Å². The van der Waals surface area contributed by atoms with Gasteiger partial charge in [-0.3, -0.25) is 4.79 Å². The van der Waals surface area contributed by atoms with Crippen molar-refractivity contribution >= 4 is 17.8 Å². The van der Waals surface area contributed by atoms with Crippen LogP contribution in [-0.4, -0.2) is 54.6 Å². The van der Waals surface area contributed by atoms with E-state index in [9.17, 15) is 14.4 Å². The zero-order valence-electron chi connectivity index (χ0n) is 17.6. The Bertz CT molecular complexity index is 765. The summed E-state index contributed by atoms with van der Waals surface area (Å²) in [6.07, 6.45) is -0.679. The van der Waals surface area contributed by atoms with Crippen LogP contribution in [0.15, 0.2) is 30.3 Å². The van der Waals surface area contributed by atoms with Crippen molar-refractivity contribution in [2.45, 2.75) is 70.0 Å². The summed E-state index contributed by atoms with van der Waals surface area (Å²) in [5.41, 5.74) is 0.123. The van der Waals surface area contributed by atoms with Gasteiger partial charge in [0.15, 0.2) is 17.7 Å². The van der Waals surface area contributed by atoms with Crippen LogP contribution in [0.1, 0.15) is 45.6 Å². The Labute approximate surface area is 176 Å². The summed E-state index contributed by atoms with van der Waals surface area (Å²) >= 11 is 0. The van der Waals surface area contributed by atoms with Gasteiger partial charge in [-0.25, -0.2) is 9.59 Å². The predicted octanol–water partition coefficient (Wildman–Crippen LogP) is 2.53. The second kappa shape index (κ2) is 9.14. The SMILES string of the molecule is CC(C)(C)OC(=O)N[C@@H](Cc1ccccc1)C(=O)O[C@@H]1CC2(CCC1=O)OCCO2. The molecule has 0 unspecified atom stereocenters. The van der Waals surface area contributed by atoms with E-state index in [-0.39, 0.29) is 25.0 Å². The van der Waals surface area contributed by atoms with E-state index in [4.69, 9.17) is 18.9 Å². The van der Waals surface area contributed by atoms with Gasteiger partial charge < -0.3 is 24.3 Å². The molecule has 1 heterocycles. The van der Waals surface area contributed by atoms with Crippen LogP contribution < -0.4 is 5.32 Å². The van der Waals surface area contributed by atoms with Crippen LogP contribution in [0.2, 0.25) is 0 Å². The van der Waals surface area contributed by atoms with E-state index in [1.807, 2.05) is 30.3 Å². The van der Waals surface area contributed by atoms with Crippen LogP contribution in [0.5, 0.6) is 0 Å². The Morgan fingerprint density at radius 1 is 1.20 bits per heavy atom. The topological polar surface area (TPSA) is 100 Å². The maximum atomic E-state index is 12.9. The molecule has 1 spiro atoms. The van der Waals surface area contributed by atoms with Crippen molar-refractivity contribution in [2.75, 3.05) is 13.2 Å². The average molecular weight is 419 g/mol. The van der Waals surface area contributed by atoms with Crippen LogP contribution in [0.25, 0.3) is 0 Å². The molecule has 1 aromatic carbocycles. The maximum absolute atomic E-state index is 12.9. The number of esters is 1. The zero-order chi connectivity index (χ0) is 21.8. The third kappa shape index (κ3) is 6.03. The highest BCUT2D eigenvalue weighted by atomic mass is 16.7. The van der Waals surface area contributed by atoms with Gasteiger partial charge in [-0.2, -0.15) is 0 Å². The molecule has 164 valence electrons. The number of ketones is 1. The molecule has 0 bridgehead atoms. The molecule has 1 aromatic rings. The molecule has 1 amide bonds. The smallest absolute Gasteiger partial charge is 0.408 e. The second-order valence-corrected chi connectivity index (χ2v) is 8.59. The van der Waals surface area contributed by atoms with E-state index in [1.165, 1.54) is 0 Å². The first-order valence-corrected chi connectivity index (χ1v) is 10.2. The van der Waals surface area contributed by atoms with Crippen molar-refractivity contribution < 1.29 is 33.3 Å². The van der Waals surface area contributed by atoms with Crippen LogP contribution in [-0.2, 0) is 35.0 Å². The van der Waals surface area contributed by atoms with Crippen molar-refractivity contribution in [2.24, 2.45) is 0 Å². The molecule has 1 saturated heterocycles. The van der Waals surface area contributed by atoms with Crippen molar-refractivity contribution in [3.63, 3.8) is 0 Å². The van der Waals surface area contributed by atoms with Crippen molar-refractivity contribution in [3.8, 4) is 0 Å². The van der Waals surface area contributed by atoms with Crippen LogP contribution in [0.4, 0.5) is 4.79 Å². The molecule has 8 nitrogen and oxygen atoms in total. The minimum Gasteiger partial charge on any atom is -0.453 e. The summed E-state index contributed by atoms with van der Waals surface area (Å²) in [7, 11) is 0. The number of benzene rings is 1. The van der Waals surface area contributed by atoms with E-state index in [2.05, 4.69) is 5.32 Å². The van der Waals surface area contributed by atoms with Crippen molar-refractivity contribution in [3.05, 3.63) is 35.9 Å². The normalized spacial score (nSPS) is 21.8. The number of amides is 1. The molecule has 2 atom stereocenters. The van der Waals surface area contributed by atoms with Crippen LogP contribution in [0.3, 0.4) is 0 Å². The molecule has 1 aliphatic carbocycles. The Hall–Kier alpha value is -2.45. The molecule has 2 aliphatic rings. The van der Waals surface area contributed by atoms with Gasteiger partial charge in [0.2, 0.25) is 0 Å². The fourth-order valence-electron chi connectivity index (χ4n) is 3.55. The fraction of sp³-hybridized carbons (Fsp3) is 0.591. The minimum atomic E-state index is -1.00. The summed E-state index contributed by atoms with van der Waals surface area (Å²) in [6.45, 7) is 6.11. The summed E-state index contributed by atoms with van der Waals surface area (Å²) in [6, 6.07) is 8.23. The number of carbonyl (C=O) groups excluding carboxylic acids is 3.